The molecular formula is C10H11IOS. The van der Waals surface area contributed by atoms with E-state index in [1.165, 1.54) is 8.93 Å². The molecule has 0 aromatic carbocycles. The Kier molecular flexibility index (Phi) is 9.77. The van der Waals surface area contributed by atoms with Gasteiger partial charge in [0.1, 0.15) is 6.10 Å². The largest absolute Gasteiger partial charge is 0.380 e. The number of rotatable bonds is 4. The van der Waals surface area contributed by atoms with Crippen molar-refractivity contribution in [1.29, 1.82) is 0 Å². The van der Waals surface area contributed by atoms with Crippen LogP contribution in [0.3, 0.4) is 0 Å². The van der Waals surface area contributed by atoms with Gasteiger partial charge in [-0.2, -0.15) is 0 Å². The molecule has 0 aliphatic carbocycles. The van der Waals surface area contributed by atoms with Gasteiger partial charge in [-0.1, -0.05) is 42.9 Å². The maximum atomic E-state index is 9.25. The number of hydrogen-bond donors (Lipinski definition) is 1. The molecule has 0 aromatic rings. The van der Waals surface area contributed by atoms with Gasteiger partial charge in [-0.05, 0) is 14.2 Å². The molecule has 0 saturated heterocycles. The van der Waals surface area contributed by atoms with Crippen molar-refractivity contribution in [3.8, 4) is 11.2 Å². The first-order valence-electron chi connectivity index (χ1n) is 3.71. The molecule has 0 heterocycles. The Balaban J connectivity index is 3.68. The molecule has 1 atom stereocenters. The van der Waals surface area contributed by atoms with Crippen LogP contribution in [0.1, 0.15) is 6.42 Å². The summed E-state index contributed by atoms with van der Waals surface area (Å²) in [6.07, 6.45) is 9.13. The van der Waals surface area contributed by atoms with Gasteiger partial charge >= 0.3 is 0 Å². The van der Waals surface area contributed by atoms with Gasteiger partial charge in [0.05, 0.1) is 0 Å². The third-order valence-electron chi connectivity index (χ3n) is 1.12. The average molecular weight is 306 g/mol. The van der Waals surface area contributed by atoms with Crippen molar-refractivity contribution in [2.75, 3.05) is 0 Å². The Bertz CT molecular complexity index is 247. The second-order valence-electron chi connectivity index (χ2n) is 2.12. The number of aliphatic hydroxyl groups is 1. The van der Waals surface area contributed by atoms with Crippen molar-refractivity contribution < 1.29 is 5.11 Å². The highest BCUT2D eigenvalue weighted by Crippen LogP contribution is 2.07. The normalized spacial score (nSPS) is 12.8. The minimum atomic E-state index is -0.560. The molecule has 0 radical (unpaired) electrons. The summed E-state index contributed by atoms with van der Waals surface area (Å²) in [7, 11) is 1.37. The quantitative estimate of drug-likeness (QED) is 0.489. The fourth-order valence-corrected chi connectivity index (χ4v) is 1.14. The number of allylic oxidation sites excluding steroid dienone is 4. The fraction of sp³-hybridized carbons (Fsp3) is 0.200. The molecule has 0 bridgehead atoms. The molecule has 1 nitrogen and oxygen atoms in total. The monoisotopic (exact) mass is 306 g/mol. The highest BCUT2D eigenvalue weighted by molar-refractivity contribution is 14.2. The van der Waals surface area contributed by atoms with Crippen LogP contribution < -0.4 is 0 Å². The van der Waals surface area contributed by atoms with Gasteiger partial charge in [0.25, 0.3) is 0 Å². The molecule has 3 heteroatoms. The smallest absolute Gasteiger partial charge is 0.119 e. The summed E-state index contributed by atoms with van der Waals surface area (Å²) in [4.78, 5) is 0. The van der Waals surface area contributed by atoms with E-state index < -0.39 is 6.10 Å². The molecular weight excluding hydrogens is 295 g/mol. The van der Waals surface area contributed by atoms with Gasteiger partial charge in [0.2, 0.25) is 0 Å². The molecule has 1 unspecified atom stereocenters. The number of hydrogen-bond acceptors (Lipinski definition) is 2. The molecule has 13 heavy (non-hydrogen) atoms. The van der Waals surface area contributed by atoms with E-state index in [-0.39, 0.29) is 0 Å². The van der Waals surface area contributed by atoms with Crippen LogP contribution in [0.2, 0.25) is 0 Å². The van der Waals surface area contributed by atoms with Crippen molar-refractivity contribution in [2.24, 2.45) is 0 Å². The van der Waals surface area contributed by atoms with E-state index in [9.17, 15) is 5.11 Å². The lowest BCUT2D eigenvalue weighted by atomic mass is 10.2. The Morgan fingerprint density at radius 3 is 2.85 bits per heavy atom. The maximum absolute atomic E-state index is 9.25. The van der Waals surface area contributed by atoms with Crippen LogP contribution in [0.15, 0.2) is 37.0 Å². The molecule has 0 rings (SSSR count). The zero-order valence-corrected chi connectivity index (χ0v) is 10.1. The minimum absolute atomic E-state index is 0.560. The predicted molar refractivity (Wildman–Crippen MR) is 68.5 cm³/mol. The molecule has 70 valence electrons. The zero-order valence-electron chi connectivity index (χ0n) is 7.11. The van der Waals surface area contributed by atoms with Gasteiger partial charge < -0.3 is 5.11 Å². The Morgan fingerprint density at radius 2 is 2.23 bits per heavy atom. The molecule has 1 N–H and O–H groups in total. The minimum Gasteiger partial charge on any atom is -0.380 e. The van der Waals surface area contributed by atoms with E-state index in [0.717, 1.165) is 0 Å². The van der Waals surface area contributed by atoms with Crippen LogP contribution in [0.5, 0.6) is 0 Å². The van der Waals surface area contributed by atoms with E-state index >= 15 is 0 Å². The van der Waals surface area contributed by atoms with Crippen LogP contribution in [-0.2, 0) is 0 Å². The van der Waals surface area contributed by atoms with Gasteiger partial charge in [-0.25, -0.2) is 0 Å². The van der Waals surface area contributed by atoms with Gasteiger partial charge in [-0.3, -0.25) is 0 Å². The summed E-state index contributed by atoms with van der Waals surface area (Å²) in [5.74, 6) is 2.69. The second-order valence-corrected chi connectivity index (χ2v) is 3.80. The van der Waals surface area contributed by atoms with Gasteiger partial charge in [-0.15, -0.1) is 0 Å². The van der Waals surface area contributed by atoms with Crippen molar-refractivity contribution in [2.45, 2.75) is 12.5 Å². The summed E-state index contributed by atoms with van der Waals surface area (Å²) in [5.41, 5.74) is 0. The van der Waals surface area contributed by atoms with E-state index in [1.807, 2.05) is 24.3 Å². The van der Waals surface area contributed by atoms with E-state index in [2.05, 4.69) is 39.0 Å². The molecule has 0 amide bonds. The van der Waals surface area contributed by atoms with Crippen molar-refractivity contribution >= 4 is 30.1 Å². The van der Waals surface area contributed by atoms with E-state index in [1.54, 1.807) is 6.08 Å². The summed E-state index contributed by atoms with van der Waals surface area (Å²) in [6.45, 7) is 3.54. The summed E-state index contributed by atoms with van der Waals surface area (Å²) < 4.78 is 0. The number of halogens is 1. The third-order valence-corrected chi connectivity index (χ3v) is 1.97. The van der Waals surface area contributed by atoms with E-state index in [4.69, 9.17) is 0 Å². The summed E-state index contributed by atoms with van der Waals surface area (Å²) >= 11 is 2.07. The Labute approximate surface area is 95.6 Å². The maximum Gasteiger partial charge on any atom is 0.119 e. The fourth-order valence-electron chi connectivity index (χ4n) is 0.578. The molecule has 0 aliphatic rings. The lowest BCUT2D eigenvalue weighted by molar-refractivity contribution is 0.236. The van der Waals surface area contributed by atoms with Crippen molar-refractivity contribution in [3.05, 3.63) is 37.0 Å². The second kappa shape index (κ2) is 9.90. The lowest BCUT2D eigenvalue weighted by Gasteiger charge is -1.94. The van der Waals surface area contributed by atoms with Crippen molar-refractivity contribution in [1.82, 2.24) is 0 Å². The average Bonchev–Trinajstić information content (AvgIpc) is 2.14. The molecule has 0 fully saturated rings. The first-order chi connectivity index (χ1) is 6.31. The van der Waals surface area contributed by atoms with Crippen molar-refractivity contribution in [3.63, 3.8) is 0 Å². The molecule has 0 aromatic heterocycles. The van der Waals surface area contributed by atoms with Crippen LogP contribution in [0, 0.1) is 11.2 Å². The van der Waals surface area contributed by atoms with Crippen LogP contribution in [0.4, 0.5) is 0 Å². The molecule has 0 aliphatic heterocycles. The van der Waals surface area contributed by atoms with Gasteiger partial charge in [0.15, 0.2) is 0 Å². The topological polar surface area (TPSA) is 20.2 Å². The summed E-state index contributed by atoms with van der Waals surface area (Å²) in [5, 5.41) is 12.0. The lowest BCUT2D eigenvalue weighted by Crippen LogP contribution is -1.99. The molecule has 0 spiro atoms. The summed E-state index contributed by atoms with van der Waals surface area (Å²) in [6, 6.07) is 0. The van der Waals surface area contributed by atoms with Crippen LogP contribution in [0.25, 0.3) is 0 Å². The first kappa shape index (κ1) is 12.8. The highest BCUT2D eigenvalue weighted by Gasteiger charge is 1.92. The predicted octanol–water partition coefficient (Wildman–Crippen LogP) is 3.08. The SMILES string of the molecule is C=C/C=C\C=C/CC(O)C#CSI. The Morgan fingerprint density at radius 1 is 1.46 bits per heavy atom. The van der Waals surface area contributed by atoms with E-state index in [0.29, 0.717) is 6.42 Å². The van der Waals surface area contributed by atoms with Gasteiger partial charge in [0, 0.05) is 27.6 Å². The third kappa shape index (κ3) is 9.74. The highest BCUT2D eigenvalue weighted by atomic mass is 127. The van der Waals surface area contributed by atoms with Crippen LogP contribution >= 0.6 is 30.1 Å². The standard InChI is InChI=1S/C10H11IOS/c1-2-3-4-5-6-7-10(12)8-9-13-11/h2-6,10,12H,1,7H2/b4-3-,6-5-. The Hall–Kier alpha value is -0.180. The zero-order chi connectivity index (χ0) is 9.94. The number of aliphatic hydroxyl groups excluding tert-OH is 1. The van der Waals surface area contributed by atoms with Crippen LogP contribution in [-0.4, -0.2) is 11.2 Å². The molecule has 0 saturated carbocycles. The first-order valence-corrected chi connectivity index (χ1v) is 7.07.